The zero-order chi connectivity index (χ0) is 16.4. The highest BCUT2D eigenvalue weighted by molar-refractivity contribution is 5.96. The molecule has 1 aromatic carbocycles. The van der Waals surface area contributed by atoms with Gasteiger partial charge in [-0.05, 0) is 30.5 Å². The van der Waals surface area contributed by atoms with E-state index >= 15 is 0 Å². The number of nitrogens with zero attached hydrogens (tertiary/aromatic N) is 1. The molecule has 1 saturated heterocycles. The number of hydrogen-bond donors (Lipinski definition) is 1. The summed E-state index contributed by atoms with van der Waals surface area (Å²) in [5.74, 6) is 1.70. The van der Waals surface area contributed by atoms with Crippen molar-refractivity contribution < 1.29 is 19.1 Å². The second-order valence-electron chi connectivity index (χ2n) is 6.45. The van der Waals surface area contributed by atoms with Gasteiger partial charge in [0.15, 0.2) is 11.5 Å². The van der Waals surface area contributed by atoms with Crippen LogP contribution in [-0.2, 0) is 4.79 Å². The van der Waals surface area contributed by atoms with Crippen LogP contribution in [0.15, 0.2) is 18.2 Å². The van der Waals surface area contributed by atoms with E-state index in [9.17, 15) is 9.59 Å². The number of likely N-dealkylation sites (tertiary alicyclic amines) is 1. The van der Waals surface area contributed by atoms with E-state index in [0.717, 1.165) is 6.42 Å². The predicted molar refractivity (Wildman–Crippen MR) is 84.4 cm³/mol. The molecule has 3 rings (SSSR count). The summed E-state index contributed by atoms with van der Waals surface area (Å²) in [7, 11) is 0. The molecule has 0 saturated carbocycles. The highest BCUT2D eigenvalue weighted by Crippen LogP contribution is 2.33. The van der Waals surface area contributed by atoms with Crippen LogP contribution in [0.5, 0.6) is 11.5 Å². The van der Waals surface area contributed by atoms with E-state index in [4.69, 9.17) is 9.47 Å². The van der Waals surface area contributed by atoms with Gasteiger partial charge in [-0.1, -0.05) is 13.8 Å². The quantitative estimate of drug-likeness (QED) is 0.896. The summed E-state index contributed by atoms with van der Waals surface area (Å²) in [6.45, 7) is 6.09. The lowest BCUT2D eigenvalue weighted by Gasteiger charge is -2.38. The van der Waals surface area contributed by atoms with Gasteiger partial charge in [-0.25, -0.2) is 0 Å². The molecule has 0 aromatic heterocycles. The maximum absolute atomic E-state index is 12.4. The monoisotopic (exact) mass is 318 g/mol. The van der Waals surface area contributed by atoms with Gasteiger partial charge in [0.05, 0.1) is 5.92 Å². The van der Waals surface area contributed by atoms with Crippen LogP contribution in [0.2, 0.25) is 0 Å². The zero-order valence-corrected chi connectivity index (χ0v) is 13.5. The van der Waals surface area contributed by atoms with Gasteiger partial charge in [-0.3, -0.25) is 9.59 Å². The average molecular weight is 318 g/mol. The molecule has 0 bridgehead atoms. The molecule has 1 N–H and O–H groups in total. The summed E-state index contributed by atoms with van der Waals surface area (Å²) >= 11 is 0. The molecule has 2 aliphatic rings. The van der Waals surface area contributed by atoms with Gasteiger partial charge in [0.2, 0.25) is 12.7 Å². The van der Waals surface area contributed by atoms with E-state index in [0.29, 0.717) is 42.6 Å². The minimum Gasteiger partial charge on any atom is -0.454 e. The number of nitrogens with one attached hydrogen (secondary N) is 1. The number of ether oxygens (including phenoxy) is 2. The van der Waals surface area contributed by atoms with Crippen molar-refractivity contribution >= 4 is 11.8 Å². The molecular weight excluding hydrogens is 296 g/mol. The third-order valence-corrected chi connectivity index (χ3v) is 4.18. The lowest BCUT2D eigenvalue weighted by atomic mass is 9.97. The Morgan fingerprint density at radius 1 is 1.26 bits per heavy atom. The number of fused-ring (bicyclic) bond motifs is 1. The van der Waals surface area contributed by atoms with Gasteiger partial charge in [-0.2, -0.15) is 0 Å². The topological polar surface area (TPSA) is 67.9 Å². The highest BCUT2D eigenvalue weighted by Gasteiger charge is 2.36. The van der Waals surface area contributed by atoms with Crippen LogP contribution in [0.1, 0.15) is 30.6 Å². The molecule has 0 radical (unpaired) electrons. The fraction of sp³-hybridized carbons (Fsp3) is 0.529. The van der Waals surface area contributed by atoms with Crippen molar-refractivity contribution in [1.82, 2.24) is 10.2 Å². The maximum atomic E-state index is 12.4. The summed E-state index contributed by atoms with van der Waals surface area (Å²) in [4.78, 5) is 26.1. The smallest absolute Gasteiger partial charge is 0.254 e. The number of carbonyl (C=O) groups excluding carboxylic acids is 2. The second-order valence-corrected chi connectivity index (χ2v) is 6.45. The summed E-state index contributed by atoms with van der Waals surface area (Å²) in [6.07, 6.45) is 0.971. The van der Waals surface area contributed by atoms with Gasteiger partial charge < -0.3 is 19.7 Å². The van der Waals surface area contributed by atoms with Crippen molar-refractivity contribution in [3.05, 3.63) is 23.8 Å². The molecule has 1 fully saturated rings. The van der Waals surface area contributed by atoms with Gasteiger partial charge in [0.1, 0.15) is 0 Å². The van der Waals surface area contributed by atoms with Gasteiger partial charge >= 0.3 is 0 Å². The minimum absolute atomic E-state index is 0.0420. The molecule has 2 aliphatic heterocycles. The van der Waals surface area contributed by atoms with Crippen molar-refractivity contribution in [2.24, 2.45) is 11.8 Å². The number of rotatable bonds is 5. The number of hydrogen-bond acceptors (Lipinski definition) is 4. The third kappa shape index (κ3) is 3.41. The van der Waals surface area contributed by atoms with Crippen molar-refractivity contribution in [1.29, 1.82) is 0 Å². The van der Waals surface area contributed by atoms with E-state index in [1.807, 2.05) is 0 Å². The van der Waals surface area contributed by atoms with Crippen molar-refractivity contribution in [3.63, 3.8) is 0 Å². The summed E-state index contributed by atoms with van der Waals surface area (Å²) in [5, 5.41) is 2.94. The lowest BCUT2D eigenvalue weighted by Crippen LogP contribution is -2.55. The largest absolute Gasteiger partial charge is 0.454 e. The maximum Gasteiger partial charge on any atom is 0.254 e. The van der Waals surface area contributed by atoms with Gasteiger partial charge in [0.25, 0.3) is 5.91 Å². The number of amides is 2. The summed E-state index contributed by atoms with van der Waals surface area (Å²) in [5.41, 5.74) is 0.563. The predicted octanol–water partition coefficient (Wildman–Crippen LogP) is 1.65. The van der Waals surface area contributed by atoms with Gasteiger partial charge in [-0.15, -0.1) is 0 Å². The van der Waals surface area contributed by atoms with E-state index in [1.165, 1.54) is 0 Å². The first-order chi connectivity index (χ1) is 11.0. The van der Waals surface area contributed by atoms with Crippen molar-refractivity contribution in [2.45, 2.75) is 20.3 Å². The summed E-state index contributed by atoms with van der Waals surface area (Å²) in [6, 6.07) is 5.16. The van der Waals surface area contributed by atoms with E-state index in [2.05, 4.69) is 19.2 Å². The molecule has 6 nitrogen and oxygen atoms in total. The highest BCUT2D eigenvalue weighted by atomic mass is 16.7. The fourth-order valence-corrected chi connectivity index (χ4v) is 2.65. The molecule has 6 heteroatoms. The Morgan fingerprint density at radius 2 is 2.00 bits per heavy atom. The molecular formula is C17H22N2O4. The Hall–Kier alpha value is -2.24. The Morgan fingerprint density at radius 3 is 2.74 bits per heavy atom. The molecule has 23 heavy (non-hydrogen) atoms. The Bertz CT molecular complexity index is 609. The number of carbonyl (C=O) groups is 2. The molecule has 2 amide bonds. The van der Waals surface area contributed by atoms with Crippen LogP contribution in [0.4, 0.5) is 0 Å². The molecule has 0 aliphatic carbocycles. The fourth-order valence-electron chi connectivity index (χ4n) is 2.65. The van der Waals surface area contributed by atoms with Crippen molar-refractivity contribution in [3.8, 4) is 11.5 Å². The molecule has 0 atom stereocenters. The Kier molecular flexibility index (Phi) is 4.41. The van der Waals surface area contributed by atoms with Crippen LogP contribution in [0.25, 0.3) is 0 Å². The molecule has 124 valence electrons. The Balaban J connectivity index is 1.49. The average Bonchev–Trinajstić information content (AvgIpc) is 2.92. The zero-order valence-electron chi connectivity index (χ0n) is 13.5. The summed E-state index contributed by atoms with van der Waals surface area (Å²) < 4.78 is 10.5. The molecule has 0 spiro atoms. The second kappa shape index (κ2) is 6.48. The first-order valence-electron chi connectivity index (χ1n) is 8.01. The van der Waals surface area contributed by atoms with Crippen LogP contribution in [-0.4, -0.2) is 43.1 Å². The number of benzene rings is 1. The van der Waals surface area contributed by atoms with E-state index in [-0.39, 0.29) is 24.5 Å². The van der Waals surface area contributed by atoms with Crippen LogP contribution in [0, 0.1) is 11.8 Å². The van der Waals surface area contributed by atoms with Crippen LogP contribution >= 0.6 is 0 Å². The molecule has 0 unspecified atom stereocenters. The molecule has 2 heterocycles. The third-order valence-electron chi connectivity index (χ3n) is 4.18. The van der Waals surface area contributed by atoms with E-state index in [1.54, 1.807) is 23.1 Å². The van der Waals surface area contributed by atoms with Crippen molar-refractivity contribution in [2.75, 3.05) is 26.4 Å². The molecule has 1 aromatic rings. The first-order valence-corrected chi connectivity index (χ1v) is 8.01. The lowest BCUT2D eigenvalue weighted by molar-refractivity contribution is -0.129. The normalized spacial score (nSPS) is 16.4. The van der Waals surface area contributed by atoms with Gasteiger partial charge in [0, 0.05) is 25.2 Å². The van der Waals surface area contributed by atoms with Crippen LogP contribution in [0.3, 0.4) is 0 Å². The van der Waals surface area contributed by atoms with E-state index < -0.39 is 0 Å². The SMILES string of the molecule is CC(C)CCNC(=O)C1CN(C(=O)c2ccc3c(c2)OCO3)C1. The minimum atomic E-state index is -0.0971. The first kappa shape index (κ1) is 15.6. The van der Waals surface area contributed by atoms with Crippen LogP contribution < -0.4 is 14.8 Å². The Labute approximate surface area is 135 Å². The standard InChI is InChI=1S/C17H22N2O4/c1-11(2)5-6-18-16(20)13-8-19(9-13)17(21)12-3-4-14-15(7-12)23-10-22-14/h3-4,7,11,13H,5-6,8-10H2,1-2H3,(H,18,20).